The summed E-state index contributed by atoms with van der Waals surface area (Å²) in [4.78, 5) is 14.0. The zero-order valence-corrected chi connectivity index (χ0v) is 11.4. The van der Waals surface area contributed by atoms with E-state index >= 15 is 0 Å². The van der Waals surface area contributed by atoms with Crippen LogP contribution in [0.3, 0.4) is 0 Å². The molecule has 1 aliphatic heterocycles. The molecule has 0 spiro atoms. The van der Waals surface area contributed by atoms with Gasteiger partial charge in [0.2, 0.25) is 5.91 Å². The zero-order valence-electron chi connectivity index (χ0n) is 11.4. The monoisotopic (exact) mass is 240 g/mol. The van der Waals surface area contributed by atoms with Gasteiger partial charge in [0.05, 0.1) is 17.7 Å². The number of nitrogens with one attached hydrogen (secondary N) is 1. The highest BCUT2D eigenvalue weighted by Crippen LogP contribution is 2.28. The maximum absolute atomic E-state index is 12.1. The smallest absolute Gasteiger partial charge is 0.236 e. The fourth-order valence-corrected chi connectivity index (χ4v) is 2.59. The zero-order chi connectivity index (χ0) is 12.7. The molecule has 1 aliphatic carbocycles. The van der Waals surface area contributed by atoms with Crippen LogP contribution >= 0.6 is 0 Å². The minimum atomic E-state index is -0.253. The first-order valence-electron chi connectivity index (χ1n) is 6.49. The summed E-state index contributed by atoms with van der Waals surface area (Å²) >= 11 is 0. The van der Waals surface area contributed by atoms with Crippen LogP contribution in [0.25, 0.3) is 0 Å². The second-order valence-electron chi connectivity index (χ2n) is 6.53. The van der Waals surface area contributed by atoms with E-state index in [-0.39, 0.29) is 17.1 Å². The molecule has 98 valence electrons. The molecule has 0 bridgehead atoms. The second kappa shape index (κ2) is 4.25. The number of rotatable bonds is 3. The van der Waals surface area contributed by atoms with Crippen LogP contribution in [0, 0.1) is 0 Å². The molecule has 0 unspecified atom stereocenters. The molecule has 0 aromatic rings. The molecule has 0 aromatic heterocycles. The molecule has 0 atom stereocenters. The lowest BCUT2D eigenvalue weighted by Crippen LogP contribution is -2.59. The van der Waals surface area contributed by atoms with Crippen molar-refractivity contribution >= 4 is 5.91 Å². The lowest BCUT2D eigenvalue weighted by molar-refractivity contribution is -0.187. The number of carbonyl (C=O) groups is 1. The van der Waals surface area contributed by atoms with E-state index in [1.165, 1.54) is 12.8 Å². The van der Waals surface area contributed by atoms with Gasteiger partial charge in [0.15, 0.2) is 0 Å². The number of hydrogen-bond donors (Lipinski definition) is 1. The van der Waals surface area contributed by atoms with Crippen LogP contribution in [0.15, 0.2) is 0 Å². The van der Waals surface area contributed by atoms with Crippen molar-refractivity contribution < 1.29 is 9.53 Å². The largest absolute Gasteiger partial charge is 0.366 e. The van der Waals surface area contributed by atoms with E-state index < -0.39 is 0 Å². The van der Waals surface area contributed by atoms with Gasteiger partial charge in [-0.1, -0.05) is 0 Å². The number of amides is 1. The standard InChI is InChI=1S/C13H24N2O2/c1-12(2)8-15(9-13(3,4)17-12)11(16)7-14-10-5-6-10/h10,14H,5-9H2,1-4H3. The summed E-state index contributed by atoms with van der Waals surface area (Å²) in [7, 11) is 0. The lowest BCUT2D eigenvalue weighted by Gasteiger charge is -2.47. The second-order valence-corrected chi connectivity index (χ2v) is 6.53. The van der Waals surface area contributed by atoms with Crippen LogP contribution in [-0.2, 0) is 9.53 Å². The highest BCUT2D eigenvalue weighted by Gasteiger charge is 2.39. The van der Waals surface area contributed by atoms with Crippen LogP contribution in [0.5, 0.6) is 0 Å². The highest BCUT2D eigenvalue weighted by molar-refractivity contribution is 5.78. The van der Waals surface area contributed by atoms with E-state index in [4.69, 9.17) is 4.74 Å². The minimum absolute atomic E-state index is 0.196. The molecule has 17 heavy (non-hydrogen) atoms. The van der Waals surface area contributed by atoms with Gasteiger partial charge in [-0.3, -0.25) is 4.79 Å². The van der Waals surface area contributed by atoms with E-state index in [0.717, 1.165) is 0 Å². The van der Waals surface area contributed by atoms with Gasteiger partial charge >= 0.3 is 0 Å². The predicted octanol–water partition coefficient (Wildman–Crippen LogP) is 1.15. The van der Waals surface area contributed by atoms with Gasteiger partial charge in [0.25, 0.3) is 0 Å². The molecular weight excluding hydrogens is 216 g/mol. The number of carbonyl (C=O) groups excluding carboxylic acids is 1. The summed E-state index contributed by atoms with van der Waals surface area (Å²) in [5.41, 5.74) is -0.506. The maximum atomic E-state index is 12.1. The van der Waals surface area contributed by atoms with Gasteiger partial charge in [-0.25, -0.2) is 0 Å². The Morgan fingerprint density at radius 2 is 1.76 bits per heavy atom. The molecule has 1 amide bonds. The van der Waals surface area contributed by atoms with Crippen molar-refractivity contribution in [3.05, 3.63) is 0 Å². The van der Waals surface area contributed by atoms with Crippen LogP contribution in [-0.4, -0.2) is 47.7 Å². The molecule has 1 saturated heterocycles. The predicted molar refractivity (Wildman–Crippen MR) is 66.8 cm³/mol. The van der Waals surface area contributed by atoms with Crippen LogP contribution < -0.4 is 5.32 Å². The average Bonchev–Trinajstić information content (AvgIpc) is 2.92. The fourth-order valence-electron chi connectivity index (χ4n) is 2.59. The highest BCUT2D eigenvalue weighted by atomic mass is 16.5. The van der Waals surface area contributed by atoms with Crippen molar-refractivity contribution in [1.29, 1.82) is 0 Å². The summed E-state index contributed by atoms with van der Waals surface area (Å²) < 4.78 is 5.97. The normalized spacial score (nSPS) is 26.9. The molecule has 4 heteroatoms. The van der Waals surface area contributed by atoms with Gasteiger partial charge in [-0.2, -0.15) is 0 Å². The molecular formula is C13H24N2O2. The Balaban J connectivity index is 1.91. The summed E-state index contributed by atoms with van der Waals surface area (Å²) in [5, 5.41) is 3.28. The van der Waals surface area contributed by atoms with Crippen molar-refractivity contribution in [2.24, 2.45) is 0 Å². The first-order chi connectivity index (χ1) is 7.77. The van der Waals surface area contributed by atoms with Gasteiger partial charge in [-0.15, -0.1) is 0 Å². The molecule has 2 fully saturated rings. The van der Waals surface area contributed by atoms with Crippen LogP contribution in [0.4, 0.5) is 0 Å². The Labute approximate surface area is 104 Å². The van der Waals surface area contributed by atoms with Crippen molar-refractivity contribution in [2.45, 2.75) is 57.8 Å². The number of nitrogens with zero attached hydrogens (tertiary/aromatic N) is 1. The van der Waals surface area contributed by atoms with Crippen molar-refractivity contribution in [3.63, 3.8) is 0 Å². The summed E-state index contributed by atoms with van der Waals surface area (Å²) in [5.74, 6) is 0.196. The third-order valence-electron chi connectivity index (χ3n) is 3.17. The third-order valence-corrected chi connectivity index (χ3v) is 3.17. The van der Waals surface area contributed by atoms with Crippen LogP contribution in [0.1, 0.15) is 40.5 Å². The van der Waals surface area contributed by atoms with Gasteiger partial charge in [0.1, 0.15) is 0 Å². The van der Waals surface area contributed by atoms with E-state index in [9.17, 15) is 4.79 Å². The quantitative estimate of drug-likeness (QED) is 0.804. The van der Waals surface area contributed by atoms with E-state index in [0.29, 0.717) is 25.7 Å². The molecule has 1 N–H and O–H groups in total. The Morgan fingerprint density at radius 1 is 1.24 bits per heavy atom. The first kappa shape index (κ1) is 12.8. The molecule has 1 heterocycles. The van der Waals surface area contributed by atoms with Gasteiger partial charge in [0, 0.05) is 19.1 Å². The minimum Gasteiger partial charge on any atom is -0.366 e. The topological polar surface area (TPSA) is 41.6 Å². The number of ether oxygens (including phenoxy) is 1. The average molecular weight is 240 g/mol. The third kappa shape index (κ3) is 3.68. The van der Waals surface area contributed by atoms with E-state index in [1.807, 2.05) is 32.6 Å². The molecule has 0 aromatic carbocycles. The molecule has 2 rings (SSSR count). The molecule has 4 nitrogen and oxygen atoms in total. The lowest BCUT2D eigenvalue weighted by atomic mass is 9.99. The van der Waals surface area contributed by atoms with Crippen molar-refractivity contribution in [3.8, 4) is 0 Å². The van der Waals surface area contributed by atoms with Gasteiger partial charge in [-0.05, 0) is 40.5 Å². The van der Waals surface area contributed by atoms with Crippen molar-refractivity contribution in [1.82, 2.24) is 10.2 Å². The summed E-state index contributed by atoms with van der Waals surface area (Å²) in [6.45, 7) is 10.0. The summed E-state index contributed by atoms with van der Waals surface area (Å²) in [6, 6.07) is 0.584. The fraction of sp³-hybridized carbons (Fsp3) is 0.923. The Morgan fingerprint density at radius 3 is 2.24 bits per heavy atom. The van der Waals surface area contributed by atoms with E-state index in [1.54, 1.807) is 0 Å². The number of hydrogen-bond acceptors (Lipinski definition) is 3. The van der Waals surface area contributed by atoms with E-state index in [2.05, 4.69) is 5.32 Å². The number of morpholine rings is 1. The molecule has 0 radical (unpaired) electrons. The molecule has 2 aliphatic rings. The summed E-state index contributed by atoms with van der Waals surface area (Å²) in [6.07, 6.45) is 2.43. The SMILES string of the molecule is CC1(C)CN(C(=O)CNC2CC2)CC(C)(C)O1. The van der Waals surface area contributed by atoms with Crippen molar-refractivity contribution in [2.75, 3.05) is 19.6 Å². The Kier molecular flexibility index (Phi) is 3.21. The van der Waals surface area contributed by atoms with Crippen LogP contribution in [0.2, 0.25) is 0 Å². The Bertz CT molecular complexity index is 293. The first-order valence-corrected chi connectivity index (χ1v) is 6.49. The van der Waals surface area contributed by atoms with Gasteiger partial charge < -0.3 is 15.0 Å². The maximum Gasteiger partial charge on any atom is 0.236 e. The Hall–Kier alpha value is -0.610. The molecule has 1 saturated carbocycles.